The lowest BCUT2D eigenvalue weighted by atomic mass is 9.85. The number of carbonyl (C=O) groups excluding carboxylic acids is 2. The number of anilines is 1. The second-order valence-electron chi connectivity index (χ2n) is 4.99. The van der Waals surface area contributed by atoms with Gasteiger partial charge >= 0.3 is 0 Å². The van der Waals surface area contributed by atoms with Gasteiger partial charge in [-0.2, -0.15) is 0 Å². The van der Waals surface area contributed by atoms with Crippen molar-refractivity contribution in [1.82, 2.24) is 0 Å². The zero-order valence-electron chi connectivity index (χ0n) is 11.0. The Hall–Kier alpha value is -1.81. The Labute approximate surface area is 122 Å². The molecule has 1 fully saturated rings. The summed E-state index contributed by atoms with van der Waals surface area (Å²) >= 11 is 6.07. The number of fused-ring (bicyclic) bond motifs is 1. The van der Waals surface area contributed by atoms with Crippen molar-refractivity contribution in [2.24, 2.45) is 11.8 Å². The molecule has 1 aromatic rings. The van der Waals surface area contributed by atoms with Gasteiger partial charge in [-0.3, -0.25) is 9.59 Å². The third-order valence-electron chi connectivity index (χ3n) is 3.90. The Morgan fingerprint density at radius 1 is 1.15 bits per heavy atom. The quantitative estimate of drug-likeness (QED) is 0.622. The number of carbonyl (C=O) groups is 2. The summed E-state index contributed by atoms with van der Waals surface area (Å²) in [4.78, 5) is 26.1. The molecule has 0 saturated carbocycles. The number of allylic oxidation sites excluding steroid dienone is 2. The molecule has 0 unspecified atom stereocenters. The van der Waals surface area contributed by atoms with Gasteiger partial charge in [0.2, 0.25) is 11.8 Å². The van der Waals surface area contributed by atoms with Gasteiger partial charge in [0.05, 0.1) is 29.7 Å². The fourth-order valence-electron chi connectivity index (χ4n) is 2.85. The van der Waals surface area contributed by atoms with Crippen LogP contribution in [0.2, 0.25) is 5.02 Å². The summed E-state index contributed by atoms with van der Waals surface area (Å²) in [6, 6.07) is 4.95. The number of halogens is 1. The predicted molar refractivity (Wildman–Crippen MR) is 75.9 cm³/mol. The van der Waals surface area contributed by atoms with E-state index in [-0.39, 0.29) is 23.7 Å². The lowest BCUT2D eigenvalue weighted by molar-refractivity contribution is -0.122. The van der Waals surface area contributed by atoms with Crippen molar-refractivity contribution in [2.45, 2.75) is 12.8 Å². The fraction of sp³-hybridized carbons (Fsp3) is 0.333. The molecule has 4 nitrogen and oxygen atoms in total. The van der Waals surface area contributed by atoms with E-state index < -0.39 is 0 Å². The molecule has 104 valence electrons. The SMILES string of the molecule is COc1ccc(N2C(=O)[C@@H]3CC=CC[C@H]3C2=O)cc1Cl. The zero-order chi connectivity index (χ0) is 14.3. The molecule has 0 bridgehead atoms. The lowest BCUT2D eigenvalue weighted by Gasteiger charge is -2.16. The molecule has 3 rings (SSSR count). The van der Waals surface area contributed by atoms with E-state index in [9.17, 15) is 9.59 Å². The van der Waals surface area contributed by atoms with Crippen molar-refractivity contribution in [3.63, 3.8) is 0 Å². The summed E-state index contributed by atoms with van der Waals surface area (Å²) in [6.07, 6.45) is 5.21. The average molecular weight is 292 g/mol. The van der Waals surface area contributed by atoms with E-state index >= 15 is 0 Å². The van der Waals surface area contributed by atoms with Gasteiger partial charge in [-0.15, -0.1) is 0 Å². The maximum atomic E-state index is 12.4. The maximum absolute atomic E-state index is 12.4. The number of amides is 2. The van der Waals surface area contributed by atoms with E-state index in [0.29, 0.717) is 29.3 Å². The van der Waals surface area contributed by atoms with Crippen LogP contribution >= 0.6 is 11.6 Å². The largest absolute Gasteiger partial charge is 0.495 e. The summed E-state index contributed by atoms with van der Waals surface area (Å²) in [7, 11) is 1.52. The van der Waals surface area contributed by atoms with Crippen LogP contribution in [0.4, 0.5) is 5.69 Å². The van der Waals surface area contributed by atoms with Crippen LogP contribution in [0.3, 0.4) is 0 Å². The van der Waals surface area contributed by atoms with E-state index in [4.69, 9.17) is 16.3 Å². The minimum Gasteiger partial charge on any atom is -0.495 e. The first kappa shape index (κ1) is 13.2. The van der Waals surface area contributed by atoms with Crippen LogP contribution < -0.4 is 9.64 Å². The van der Waals surface area contributed by atoms with Crippen LogP contribution in [0.15, 0.2) is 30.4 Å². The van der Waals surface area contributed by atoms with Gasteiger partial charge in [0.15, 0.2) is 0 Å². The minimum atomic E-state index is -0.228. The van der Waals surface area contributed by atoms with Gasteiger partial charge in [-0.1, -0.05) is 23.8 Å². The topological polar surface area (TPSA) is 46.6 Å². The molecule has 2 aliphatic rings. The summed E-state index contributed by atoms with van der Waals surface area (Å²) in [5, 5.41) is 0.388. The Morgan fingerprint density at radius 3 is 2.25 bits per heavy atom. The van der Waals surface area contributed by atoms with Gasteiger partial charge in [0, 0.05) is 0 Å². The Balaban J connectivity index is 1.96. The van der Waals surface area contributed by atoms with Gasteiger partial charge in [-0.05, 0) is 31.0 Å². The minimum absolute atomic E-state index is 0.134. The Kier molecular flexibility index (Phi) is 3.26. The molecule has 1 saturated heterocycles. The molecule has 2 amide bonds. The van der Waals surface area contributed by atoms with Crippen LogP contribution in [0.25, 0.3) is 0 Å². The molecule has 1 aromatic carbocycles. The molecule has 5 heteroatoms. The third kappa shape index (κ3) is 1.91. The highest BCUT2D eigenvalue weighted by atomic mass is 35.5. The van der Waals surface area contributed by atoms with Crippen molar-refractivity contribution in [2.75, 3.05) is 12.0 Å². The van der Waals surface area contributed by atoms with Crippen molar-refractivity contribution in [3.05, 3.63) is 35.4 Å². The zero-order valence-corrected chi connectivity index (χ0v) is 11.8. The molecule has 1 aliphatic heterocycles. The molecule has 2 atom stereocenters. The van der Waals surface area contributed by atoms with Crippen molar-refractivity contribution in [1.29, 1.82) is 0 Å². The monoisotopic (exact) mass is 291 g/mol. The number of benzene rings is 1. The number of methoxy groups -OCH3 is 1. The van der Waals surface area contributed by atoms with Crippen molar-refractivity contribution in [3.8, 4) is 5.75 Å². The first-order chi connectivity index (χ1) is 9.63. The summed E-state index contributed by atoms with van der Waals surface area (Å²) in [5.41, 5.74) is 0.514. The summed E-state index contributed by atoms with van der Waals surface area (Å²) < 4.78 is 5.08. The van der Waals surface area contributed by atoms with E-state index in [1.807, 2.05) is 12.2 Å². The van der Waals surface area contributed by atoms with E-state index in [1.165, 1.54) is 12.0 Å². The number of nitrogens with zero attached hydrogens (tertiary/aromatic N) is 1. The van der Waals surface area contributed by atoms with Gasteiger partial charge in [0.1, 0.15) is 5.75 Å². The highest BCUT2D eigenvalue weighted by molar-refractivity contribution is 6.32. The number of hydrogen-bond acceptors (Lipinski definition) is 3. The summed E-state index contributed by atoms with van der Waals surface area (Å²) in [6.45, 7) is 0. The first-order valence-corrected chi connectivity index (χ1v) is 6.87. The van der Waals surface area contributed by atoms with Crippen LogP contribution in [0, 0.1) is 11.8 Å². The second-order valence-corrected chi connectivity index (χ2v) is 5.39. The van der Waals surface area contributed by atoms with E-state index in [1.54, 1.807) is 18.2 Å². The normalized spacial score (nSPS) is 25.0. The Morgan fingerprint density at radius 2 is 1.75 bits per heavy atom. The highest BCUT2D eigenvalue weighted by Gasteiger charge is 2.47. The molecule has 0 N–H and O–H groups in total. The highest BCUT2D eigenvalue weighted by Crippen LogP contribution is 2.39. The number of hydrogen-bond donors (Lipinski definition) is 0. The van der Waals surface area contributed by atoms with Crippen LogP contribution in [-0.4, -0.2) is 18.9 Å². The molecule has 1 aliphatic carbocycles. The first-order valence-electron chi connectivity index (χ1n) is 6.50. The van der Waals surface area contributed by atoms with Gasteiger partial charge in [0.25, 0.3) is 0 Å². The predicted octanol–water partition coefficient (Wildman–Crippen LogP) is 2.80. The number of rotatable bonds is 2. The Bertz CT molecular complexity index is 585. The molecule has 1 heterocycles. The molecular weight excluding hydrogens is 278 g/mol. The smallest absolute Gasteiger partial charge is 0.238 e. The average Bonchev–Trinajstić information content (AvgIpc) is 2.71. The lowest BCUT2D eigenvalue weighted by Crippen LogP contribution is -2.30. The van der Waals surface area contributed by atoms with E-state index in [2.05, 4.69) is 0 Å². The second kappa shape index (κ2) is 4.94. The number of ether oxygens (including phenoxy) is 1. The van der Waals surface area contributed by atoms with Crippen LogP contribution in [-0.2, 0) is 9.59 Å². The maximum Gasteiger partial charge on any atom is 0.238 e. The molecule has 0 aromatic heterocycles. The fourth-order valence-corrected chi connectivity index (χ4v) is 3.10. The van der Waals surface area contributed by atoms with Gasteiger partial charge < -0.3 is 4.74 Å². The third-order valence-corrected chi connectivity index (χ3v) is 4.20. The molecule has 0 radical (unpaired) electrons. The molecule has 0 spiro atoms. The van der Waals surface area contributed by atoms with Gasteiger partial charge in [-0.25, -0.2) is 4.90 Å². The van der Waals surface area contributed by atoms with Crippen molar-refractivity contribution < 1.29 is 14.3 Å². The molecule has 20 heavy (non-hydrogen) atoms. The van der Waals surface area contributed by atoms with Crippen LogP contribution in [0.1, 0.15) is 12.8 Å². The number of imide groups is 1. The van der Waals surface area contributed by atoms with Crippen molar-refractivity contribution >= 4 is 29.1 Å². The standard InChI is InChI=1S/C15H14ClNO3/c1-20-13-7-6-9(8-12(13)16)17-14(18)10-4-2-3-5-11(10)15(17)19/h2-3,6-8,10-11H,4-5H2,1H3/t10-,11-/m1/s1. The summed E-state index contributed by atoms with van der Waals surface area (Å²) in [5.74, 6) is -0.202. The molecular formula is C15H14ClNO3. The van der Waals surface area contributed by atoms with Crippen LogP contribution in [0.5, 0.6) is 5.75 Å². The van der Waals surface area contributed by atoms with E-state index in [0.717, 1.165) is 0 Å².